The van der Waals surface area contributed by atoms with Crippen molar-refractivity contribution in [2.45, 2.75) is 25.4 Å². The van der Waals surface area contributed by atoms with Crippen molar-refractivity contribution in [1.82, 2.24) is 0 Å². The standard InChI is InChI=1S/C22H19Br2F3N2O/c1-14(28-18-9-5-16(23)6-10-18)21(29-19-11-7-17(24)8-12-19)15-3-2-4-20(13-15)30-22(25,26)27/h2-14,21,28-29H,1H3. The summed E-state index contributed by atoms with van der Waals surface area (Å²) in [7, 11) is 0. The number of nitrogens with one attached hydrogen (secondary N) is 2. The minimum atomic E-state index is -4.74. The van der Waals surface area contributed by atoms with E-state index in [9.17, 15) is 13.2 Å². The van der Waals surface area contributed by atoms with Crippen molar-refractivity contribution in [1.29, 1.82) is 0 Å². The van der Waals surface area contributed by atoms with Crippen molar-refractivity contribution in [3.05, 3.63) is 87.3 Å². The highest BCUT2D eigenvalue weighted by Crippen LogP contribution is 2.30. The maximum absolute atomic E-state index is 12.7. The van der Waals surface area contributed by atoms with Crippen LogP contribution in [0.4, 0.5) is 24.5 Å². The van der Waals surface area contributed by atoms with Gasteiger partial charge in [0.05, 0.1) is 6.04 Å². The maximum Gasteiger partial charge on any atom is 0.573 e. The van der Waals surface area contributed by atoms with Crippen molar-refractivity contribution in [2.24, 2.45) is 0 Å². The smallest absolute Gasteiger partial charge is 0.406 e. The van der Waals surface area contributed by atoms with E-state index in [0.29, 0.717) is 5.56 Å². The summed E-state index contributed by atoms with van der Waals surface area (Å²) in [5.41, 5.74) is 2.41. The van der Waals surface area contributed by atoms with Crippen LogP contribution in [0.15, 0.2) is 81.7 Å². The second-order valence-electron chi connectivity index (χ2n) is 6.69. The Hall–Kier alpha value is -2.19. The van der Waals surface area contributed by atoms with Gasteiger partial charge in [-0.1, -0.05) is 44.0 Å². The number of benzene rings is 3. The monoisotopic (exact) mass is 542 g/mol. The summed E-state index contributed by atoms with van der Waals surface area (Å²) in [6.45, 7) is 1.97. The first-order valence-corrected chi connectivity index (χ1v) is 10.7. The molecule has 0 saturated heterocycles. The van der Waals surface area contributed by atoms with Crippen molar-refractivity contribution < 1.29 is 17.9 Å². The molecule has 2 N–H and O–H groups in total. The molecule has 0 aliphatic carbocycles. The van der Waals surface area contributed by atoms with E-state index in [4.69, 9.17) is 0 Å². The molecule has 2 unspecified atom stereocenters. The lowest BCUT2D eigenvalue weighted by Crippen LogP contribution is -2.30. The number of ether oxygens (including phenoxy) is 1. The van der Waals surface area contributed by atoms with Gasteiger partial charge in [-0.2, -0.15) is 0 Å². The molecule has 0 spiro atoms. The molecule has 3 aromatic rings. The number of rotatable bonds is 7. The normalized spacial score (nSPS) is 13.4. The van der Waals surface area contributed by atoms with Gasteiger partial charge in [0.15, 0.2) is 0 Å². The van der Waals surface area contributed by atoms with Gasteiger partial charge in [-0.15, -0.1) is 13.2 Å². The van der Waals surface area contributed by atoms with Gasteiger partial charge in [-0.25, -0.2) is 0 Å². The van der Waals surface area contributed by atoms with E-state index < -0.39 is 6.36 Å². The Kier molecular flexibility index (Phi) is 7.31. The average Bonchev–Trinajstić information content (AvgIpc) is 2.68. The molecule has 0 heterocycles. The third kappa shape index (κ3) is 6.67. The Balaban J connectivity index is 1.89. The first-order chi connectivity index (χ1) is 14.2. The molecule has 0 fully saturated rings. The van der Waals surface area contributed by atoms with Crippen molar-refractivity contribution in [3.8, 4) is 5.75 Å². The zero-order valence-electron chi connectivity index (χ0n) is 15.9. The van der Waals surface area contributed by atoms with Crippen LogP contribution in [0.1, 0.15) is 18.5 Å². The van der Waals surface area contributed by atoms with Crippen LogP contribution in [-0.2, 0) is 0 Å². The summed E-state index contributed by atoms with van der Waals surface area (Å²) < 4.78 is 44.0. The Bertz CT molecular complexity index is 963. The lowest BCUT2D eigenvalue weighted by atomic mass is 9.99. The molecule has 0 amide bonds. The zero-order chi connectivity index (χ0) is 21.7. The Morgan fingerprint density at radius 3 is 1.87 bits per heavy atom. The topological polar surface area (TPSA) is 33.3 Å². The van der Waals surface area contributed by atoms with E-state index >= 15 is 0 Å². The highest BCUT2D eigenvalue weighted by Gasteiger charge is 2.31. The van der Waals surface area contributed by atoms with E-state index in [1.54, 1.807) is 12.1 Å². The highest BCUT2D eigenvalue weighted by molar-refractivity contribution is 9.10. The molecule has 0 aliphatic rings. The molecule has 0 bridgehead atoms. The third-order valence-corrected chi connectivity index (χ3v) is 5.41. The van der Waals surface area contributed by atoms with Crippen LogP contribution in [0.5, 0.6) is 5.75 Å². The van der Waals surface area contributed by atoms with Crippen LogP contribution in [0.25, 0.3) is 0 Å². The minimum Gasteiger partial charge on any atom is -0.406 e. The number of anilines is 2. The van der Waals surface area contributed by atoms with Gasteiger partial charge in [0, 0.05) is 26.4 Å². The van der Waals surface area contributed by atoms with Crippen LogP contribution in [0, 0.1) is 0 Å². The molecule has 0 aliphatic heterocycles. The molecule has 2 atom stereocenters. The fourth-order valence-corrected chi connectivity index (χ4v) is 3.55. The fraction of sp³-hybridized carbons (Fsp3) is 0.182. The van der Waals surface area contributed by atoms with Crippen molar-refractivity contribution in [2.75, 3.05) is 10.6 Å². The largest absolute Gasteiger partial charge is 0.573 e. The second kappa shape index (κ2) is 9.75. The number of hydrogen-bond donors (Lipinski definition) is 2. The Morgan fingerprint density at radius 1 is 0.800 bits per heavy atom. The van der Waals surface area contributed by atoms with E-state index in [1.807, 2.05) is 55.5 Å². The SMILES string of the molecule is CC(Nc1ccc(Br)cc1)C(Nc1ccc(Br)cc1)c1cccc(OC(F)(F)F)c1. The van der Waals surface area contributed by atoms with Crippen molar-refractivity contribution in [3.63, 3.8) is 0 Å². The minimum absolute atomic E-state index is 0.157. The number of alkyl halides is 3. The maximum atomic E-state index is 12.7. The van der Waals surface area contributed by atoms with Crippen LogP contribution in [0.2, 0.25) is 0 Å². The lowest BCUT2D eigenvalue weighted by Gasteiger charge is -2.29. The van der Waals surface area contributed by atoms with Crippen molar-refractivity contribution >= 4 is 43.2 Å². The van der Waals surface area contributed by atoms with Gasteiger partial charge in [0.1, 0.15) is 5.75 Å². The van der Waals surface area contributed by atoms with Crippen LogP contribution < -0.4 is 15.4 Å². The summed E-state index contributed by atoms with van der Waals surface area (Å²) in [6, 6.07) is 20.9. The predicted octanol–water partition coefficient (Wildman–Crippen LogP) is 7.76. The summed E-state index contributed by atoms with van der Waals surface area (Å²) in [5.74, 6) is -0.251. The summed E-state index contributed by atoms with van der Waals surface area (Å²) in [5, 5.41) is 6.83. The zero-order valence-corrected chi connectivity index (χ0v) is 19.1. The van der Waals surface area contributed by atoms with E-state index in [0.717, 1.165) is 20.3 Å². The molecule has 158 valence electrons. The number of halogens is 5. The molecule has 8 heteroatoms. The molecule has 30 heavy (non-hydrogen) atoms. The molecule has 0 radical (unpaired) electrons. The molecule has 0 aromatic heterocycles. The van der Waals surface area contributed by atoms with Gasteiger partial charge in [-0.3, -0.25) is 0 Å². The lowest BCUT2D eigenvalue weighted by molar-refractivity contribution is -0.274. The average molecular weight is 544 g/mol. The van der Waals surface area contributed by atoms with Crippen LogP contribution in [0.3, 0.4) is 0 Å². The molecule has 3 aromatic carbocycles. The van der Waals surface area contributed by atoms with Crippen LogP contribution >= 0.6 is 31.9 Å². The van der Waals surface area contributed by atoms with Gasteiger partial charge in [0.25, 0.3) is 0 Å². The Labute approximate surface area is 189 Å². The highest BCUT2D eigenvalue weighted by atomic mass is 79.9. The molecular formula is C22H19Br2F3N2O. The van der Waals surface area contributed by atoms with E-state index in [1.165, 1.54) is 12.1 Å². The van der Waals surface area contributed by atoms with E-state index in [-0.39, 0.29) is 17.8 Å². The summed E-state index contributed by atoms with van der Waals surface area (Å²) in [6.07, 6.45) is -4.74. The predicted molar refractivity (Wildman–Crippen MR) is 121 cm³/mol. The van der Waals surface area contributed by atoms with Gasteiger partial charge < -0.3 is 15.4 Å². The Morgan fingerprint density at radius 2 is 1.33 bits per heavy atom. The molecule has 3 rings (SSSR count). The summed E-state index contributed by atoms with van der Waals surface area (Å²) in [4.78, 5) is 0. The number of hydrogen-bond acceptors (Lipinski definition) is 3. The third-order valence-electron chi connectivity index (χ3n) is 4.36. The molecular weight excluding hydrogens is 525 g/mol. The van der Waals surface area contributed by atoms with E-state index in [2.05, 4.69) is 47.2 Å². The van der Waals surface area contributed by atoms with Gasteiger partial charge >= 0.3 is 6.36 Å². The molecule has 3 nitrogen and oxygen atoms in total. The quantitative estimate of drug-likeness (QED) is 0.319. The first kappa shape index (κ1) is 22.5. The van der Waals surface area contributed by atoms with Gasteiger partial charge in [-0.05, 0) is 73.2 Å². The van der Waals surface area contributed by atoms with Crippen LogP contribution in [-0.4, -0.2) is 12.4 Å². The van der Waals surface area contributed by atoms with Gasteiger partial charge in [0.2, 0.25) is 0 Å². The fourth-order valence-electron chi connectivity index (χ4n) is 3.02. The second-order valence-corrected chi connectivity index (χ2v) is 8.52. The first-order valence-electron chi connectivity index (χ1n) is 9.09. The molecule has 0 saturated carbocycles. The summed E-state index contributed by atoms with van der Waals surface area (Å²) >= 11 is 6.82.